The van der Waals surface area contributed by atoms with E-state index in [1.807, 2.05) is 29.2 Å². The molecule has 3 aromatic rings. The molecular formula is C26H31N7O3. The molecule has 10 heteroatoms. The van der Waals surface area contributed by atoms with Gasteiger partial charge in [-0.15, -0.1) is 10.2 Å². The lowest BCUT2D eigenvalue weighted by Gasteiger charge is -2.32. The third-order valence-electron chi connectivity index (χ3n) is 6.74. The third-order valence-corrected chi connectivity index (χ3v) is 6.74. The highest BCUT2D eigenvalue weighted by atomic mass is 16.5. The Morgan fingerprint density at radius 3 is 2.44 bits per heavy atom. The first-order valence-corrected chi connectivity index (χ1v) is 12.4. The number of benzene rings is 1. The number of rotatable bonds is 7. The van der Waals surface area contributed by atoms with E-state index in [2.05, 4.69) is 41.3 Å². The number of piperidine rings is 1. The fraction of sp³-hybridized carbons (Fsp3) is 0.423. The monoisotopic (exact) mass is 489 g/mol. The Kier molecular flexibility index (Phi) is 6.84. The maximum atomic E-state index is 12.9. The standard InChI is InChI=1S/C26H31N7O3/c1-19(2)20-4-6-21(7-5-20)32-17-16-31(26(32)35)18-25(34)30-14-10-22(11-15-30)36-24-9-8-23(28-29-24)33-13-3-12-27-33/h3-9,12-13,19,22H,10-11,14-18H2,1-2H3. The van der Waals surface area contributed by atoms with Gasteiger partial charge < -0.3 is 14.5 Å². The van der Waals surface area contributed by atoms with Gasteiger partial charge in [0.2, 0.25) is 11.8 Å². The topological polar surface area (TPSA) is 96.7 Å². The molecule has 2 saturated heterocycles. The largest absolute Gasteiger partial charge is 0.473 e. The third kappa shape index (κ3) is 5.17. The van der Waals surface area contributed by atoms with E-state index in [1.54, 1.807) is 32.9 Å². The van der Waals surface area contributed by atoms with Gasteiger partial charge in [-0.25, -0.2) is 9.48 Å². The summed E-state index contributed by atoms with van der Waals surface area (Å²) in [5, 5.41) is 12.4. The van der Waals surface area contributed by atoms with Crippen LogP contribution >= 0.6 is 0 Å². The molecule has 36 heavy (non-hydrogen) atoms. The molecule has 0 bridgehead atoms. The molecule has 0 N–H and O–H groups in total. The number of ether oxygens (including phenoxy) is 1. The van der Waals surface area contributed by atoms with Crippen LogP contribution in [0.4, 0.5) is 10.5 Å². The van der Waals surface area contributed by atoms with E-state index in [-0.39, 0.29) is 24.6 Å². The normalized spacial score (nSPS) is 16.8. The van der Waals surface area contributed by atoms with E-state index in [1.165, 1.54) is 5.56 Å². The van der Waals surface area contributed by atoms with Crippen molar-refractivity contribution in [3.05, 3.63) is 60.4 Å². The zero-order chi connectivity index (χ0) is 25.1. The Hall–Kier alpha value is -3.95. The van der Waals surface area contributed by atoms with Crippen molar-refractivity contribution in [2.45, 2.75) is 38.7 Å². The average Bonchev–Trinajstić information content (AvgIpc) is 3.56. The number of anilines is 1. The van der Waals surface area contributed by atoms with E-state index >= 15 is 0 Å². The fourth-order valence-electron chi connectivity index (χ4n) is 4.57. The van der Waals surface area contributed by atoms with Crippen LogP contribution in [-0.4, -0.2) is 80.5 Å². The number of urea groups is 1. The maximum Gasteiger partial charge on any atom is 0.325 e. The van der Waals surface area contributed by atoms with E-state index in [4.69, 9.17) is 4.74 Å². The van der Waals surface area contributed by atoms with Gasteiger partial charge in [0.05, 0.1) is 0 Å². The Bertz CT molecular complexity index is 1170. The minimum Gasteiger partial charge on any atom is -0.473 e. The summed E-state index contributed by atoms with van der Waals surface area (Å²) in [6.07, 6.45) is 4.86. The maximum absolute atomic E-state index is 12.9. The number of hydrogen-bond donors (Lipinski definition) is 0. The molecule has 2 aliphatic rings. The molecule has 2 fully saturated rings. The summed E-state index contributed by atoms with van der Waals surface area (Å²) in [4.78, 5) is 31.1. The van der Waals surface area contributed by atoms with Crippen LogP contribution < -0.4 is 9.64 Å². The van der Waals surface area contributed by atoms with E-state index in [0.717, 1.165) is 5.69 Å². The van der Waals surface area contributed by atoms with Crippen molar-refractivity contribution < 1.29 is 14.3 Å². The Morgan fingerprint density at radius 2 is 1.81 bits per heavy atom. The van der Waals surface area contributed by atoms with Gasteiger partial charge >= 0.3 is 6.03 Å². The van der Waals surface area contributed by atoms with Crippen molar-refractivity contribution in [2.75, 3.05) is 37.6 Å². The van der Waals surface area contributed by atoms with Crippen LogP contribution in [0.3, 0.4) is 0 Å². The van der Waals surface area contributed by atoms with Gasteiger partial charge in [0.15, 0.2) is 5.82 Å². The summed E-state index contributed by atoms with van der Waals surface area (Å²) in [6.45, 7) is 6.70. The number of aromatic nitrogens is 4. The summed E-state index contributed by atoms with van der Waals surface area (Å²) >= 11 is 0. The molecule has 3 amide bonds. The second kappa shape index (κ2) is 10.3. The van der Waals surface area contributed by atoms with Gasteiger partial charge in [0.1, 0.15) is 12.6 Å². The lowest BCUT2D eigenvalue weighted by Crippen LogP contribution is -2.47. The Labute approximate surface area is 210 Å². The predicted molar refractivity (Wildman–Crippen MR) is 134 cm³/mol. The highest BCUT2D eigenvalue weighted by Gasteiger charge is 2.33. The van der Waals surface area contributed by atoms with Gasteiger partial charge in [-0.05, 0) is 35.7 Å². The van der Waals surface area contributed by atoms with Crippen molar-refractivity contribution in [1.82, 2.24) is 29.8 Å². The second-order valence-corrected chi connectivity index (χ2v) is 9.48. The zero-order valence-corrected chi connectivity index (χ0v) is 20.7. The lowest BCUT2D eigenvalue weighted by atomic mass is 10.0. The molecule has 10 nitrogen and oxygen atoms in total. The quantitative estimate of drug-likeness (QED) is 0.506. The minimum absolute atomic E-state index is 0.0258. The van der Waals surface area contributed by atoms with Gasteiger partial charge in [-0.3, -0.25) is 9.69 Å². The highest BCUT2D eigenvalue weighted by Crippen LogP contribution is 2.24. The van der Waals surface area contributed by atoms with Crippen LogP contribution in [0.15, 0.2) is 54.9 Å². The molecule has 0 atom stereocenters. The van der Waals surface area contributed by atoms with Crippen LogP contribution in [0, 0.1) is 0 Å². The number of nitrogens with zero attached hydrogens (tertiary/aromatic N) is 7. The van der Waals surface area contributed by atoms with Crippen molar-refractivity contribution in [1.29, 1.82) is 0 Å². The Balaban J connectivity index is 1.09. The smallest absolute Gasteiger partial charge is 0.325 e. The van der Waals surface area contributed by atoms with Crippen LogP contribution in [0.1, 0.15) is 38.2 Å². The van der Waals surface area contributed by atoms with Crippen LogP contribution in [-0.2, 0) is 4.79 Å². The number of carbonyl (C=O) groups excluding carboxylic acids is 2. The molecule has 1 aromatic carbocycles. The molecule has 0 spiro atoms. The number of hydrogen-bond acceptors (Lipinski definition) is 6. The summed E-state index contributed by atoms with van der Waals surface area (Å²) in [6, 6.07) is 13.4. The van der Waals surface area contributed by atoms with Crippen molar-refractivity contribution in [2.24, 2.45) is 0 Å². The average molecular weight is 490 g/mol. The SMILES string of the molecule is CC(C)c1ccc(N2CCN(CC(=O)N3CCC(Oc4ccc(-n5cccn5)nn4)CC3)C2=O)cc1. The zero-order valence-electron chi connectivity index (χ0n) is 20.7. The first-order chi connectivity index (χ1) is 17.5. The summed E-state index contributed by atoms with van der Waals surface area (Å²) < 4.78 is 7.61. The van der Waals surface area contributed by atoms with Crippen LogP contribution in [0.25, 0.3) is 5.82 Å². The highest BCUT2D eigenvalue weighted by molar-refractivity contribution is 5.96. The van der Waals surface area contributed by atoms with E-state index in [0.29, 0.717) is 56.6 Å². The number of amides is 3. The lowest BCUT2D eigenvalue weighted by molar-refractivity contribution is -0.133. The van der Waals surface area contributed by atoms with Crippen molar-refractivity contribution >= 4 is 17.6 Å². The molecule has 5 rings (SSSR count). The van der Waals surface area contributed by atoms with E-state index < -0.39 is 0 Å². The molecule has 2 aromatic heterocycles. The summed E-state index contributed by atoms with van der Waals surface area (Å²) in [7, 11) is 0. The molecule has 4 heterocycles. The van der Waals surface area contributed by atoms with Crippen molar-refractivity contribution in [3.8, 4) is 11.7 Å². The minimum atomic E-state index is -0.115. The fourth-order valence-corrected chi connectivity index (χ4v) is 4.57. The number of likely N-dealkylation sites (tertiary alicyclic amines) is 1. The van der Waals surface area contributed by atoms with Gasteiger partial charge in [-0.1, -0.05) is 26.0 Å². The molecular weight excluding hydrogens is 458 g/mol. The first kappa shape index (κ1) is 23.8. The molecule has 0 saturated carbocycles. The van der Waals surface area contributed by atoms with Gasteiger partial charge in [0.25, 0.3) is 0 Å². The first-order valence-electron chi connectivity index (χ1n) is 12.4. The number of carbonyl (C=O) groups is 2. The molecule has 0 unspecified atom stereocenters. The van der Waals surface area contributed by atoms with Crippen LogP contribution in [0.2, 0.25) is 0 Å². The second-order valence-electron chi connectivity index (χ2n) is 9.48. The molecule has 2 aliphatic heterocycles. The molecule has 0 radical (unpaired) electrons. The van der Waals surface area contributed by atoms with Crippen molar-refractivity contribution in [3.63, 3.8) is 0 Å². The molecule has 0 aliphatic carbocycles. The molecule has 188 valence electrons. The Morgan fingerprint density at radius 1 is 1.03 bits per heavy atom. The van der Waals surface area contributed by atoms with Crippen LogP contribution in [0.5, 0.6) is 5.88 Å². The van der Waals surface area contributed by atoms with Gasteiger partial charge in [-0.2, -0.15) is 5.10 Å². The van der Waals surface area contributed by atoms with Gasteiger partial charge in [0, 0.05) is 63.2 Å². The summed E-state index contributed by atoms with van der Waals surface area (Å²) in [5.74, 6) is 1.50. The van der Waals surface area contributed by atoms with E-state index in [9.17, 15) is 9.59 Å². The predicted octanol–water partition coefficient (Wildman–Crippen LogP) is 3.10. The summed E-state index contributed by atoms with van der Waals surface area (Å²) in [5.41, 5.74) is 2.11.